The number of nitrogens with zero attached hydrogens (tertiary/aromatic N) is 1. The Bertz CT molecular complexity index is 168. The number of hydrogen-bond donors (Lipinski definition) is 1. The molecule has 5 heteroatoms. The van der Waals surface area contributed by atoms with Crippen LogP contribution in [0, 0.1) is 0 Å². The van der Waals surface area contributed by atoms with E-state index >= 15 is 0 Å². The molecule has 0 saturated heterocycles. The van der Waals surface area contributed by atoms with Crippen LogP contribution >= 0.6 is 11.8 Å². The molecule has 0 aliphatic rings. The molecule has 0 fully saturated rings. The number of amides is 1. The van der Waals surface area contributed by atoms with Gasteiger partial charge in [-0.25, -0.2) is 4.79 Å². The summed E-state index contributed by atoms with van der Waals surface area (Å²) in [4.78, 5) is 14.2. The molecule has 0 saturated carbocycles. The van der Waals surface area contributed by atoms with Crippen molar-refractivity contribution in [2.24, 2.45) is 10.9 Å². The third-order valence-corrected chi connectivity index (χ3v) is 2.19. The predicted octanol–water partition coefficient (Wildman–Crippen LogP) is 1.21. The van der Waals surface area contributed by atoms with E-state index in [0.29, 0.717) is 0 Å². The third-order valence-electron chi connectivity index (χ3n) is 1.03. The SMILES string of the molecule is CSC(C)(C)C=NOC(N)=O. The molecule has 0 bridgehead atoms. The van der Waals surface area contributed by atoms with Crippen LogP contribution in [-0.2, 0) is 4.84 Å². The average Bonchev–Trinajstić information content (AvgIpc) is 1.87. The van der Waals surface area contributed by atoms with Gasteiger partial charge in [0.15, 0.2) is 0 Å². The van der Waals surface area contributed by atoms with Crippen LogP contribution in [0.5, 0.6) is 0 Å². The fourth-order valence-electron chi connectivity index (χ4n) is 0.258. The zero-order chi connectivity index (χ0) is 8.91. The number of carbonyl (C=O) groups excluding carboxylic acids is 1. The summed E-state index contributed by atoms with van der Waals surface area (Å²) < 4.78 is -0.130. The van der Waals surface area contributed by atoms with Crippen molar-refractivity contribution in [2.75, 3.05) is 6.26 Å². The smallest absolute Gasteiger partial charge is 0.333 e. The standard InChI is InChI=1S/C6H12N2O2S/c1-6(2,11-3)4-8-10-5(7)9/h4H,1-3H3,(H2,7,9). The zero-order valence-corrected chi connectivity index (χ0v) is 7.64. The first-order chi connectivity index (χ1) is 4.98. The van der Waals surface area contributed by atoms with Crippen molar-refractivity contribution in [3.63, 3.8) is 0 Å². The third kappa shape index (κ3) is 5.72. The van der Waals surface area contributed by atoms with Crippen LogP contribution in [-0.4, -0.2) is 23.3 Å². The molecule has 11 heavy (non-hydrogen) atoms. The first kappa shape index (κ1) is 10.3. The summed E-state index contributed by atoms with van der Waals surface area (Å²) >= 11 is 1.60. The molecule has 0 radical (unpaired) electrons. The summed E-state index contributed by atoms with van der Waals surface area (Å²) in [6, 6.07) is 0. The lowest BCUT2D eigenvalue weighted by molar-refractivity contribution is 0.162. The minimum atomic E-state index is -0.891. The van der Waals surface area contributed by atoms with E-state index in [4.69, 9.17) is 0 Å². The van der Waals surface area contributed by atoms with Gasteiger partial charge in [0.1, 0.15) is 0 Å². The molecular weight excluding hydrogens is 164 g/mol. The van der Waals surface area contributed by atoms with Crippen LogP contribution in [0.2, 0.25) is 0 Å². The summed E-state index contributed by atoms with van der Waals surface area (Å²) in [5, 5.41) is 3.39. The highest BCUT2D eigenvalue weighted by molar-refractivity contribution is 8.00. The number of carbonyl (C=O) groups is 1. The largest absolute Gasteiger partial charge is 0.430 e. The van der Waals surface area contributed by atoms with Gasteiger partial charge < -0.3 is 5.73 Å². The number of primary amides is 1. The lowest BCUT2D eigenvalue weighted by Crippen LogP contribution is -2.17. The minimum absolute atomic E-state index is 0.130. The summed E-state index contributed by atoms with van der Waals surface area (Å²) in [6.45, 7) is 3.90. The maximum absolute atomic E-state index is 10.1. The monoisotopic (exact) mass is 176 g/mol. The summed E-state index contributed by atoms with van der Waals surface area (Å²) in [6.07, 6.45) is 2.58. The van der Waals surface area contributed by atoms with E-state index in [2.05, 4.69) is 15.7 Å². The Morgan fingerprint density at radius 1 is 1.73 bits per heavy atom. The maximum Gasteiger partial charge on any atom is 0.430 e. The van der Waals surface area contributed by atoms with Crippen molar-refractivity contribution < 1.29 is 9.63 Å². The molecule has 0 unspecified atom stereocenters. The Hall–Kier alpha value is -0.710. The van der Waals surface area contributed by atoms with Gasteiger partial charge in [-0.15, -0.1) is 0 Å². The number of oxime groups is 1. The second kappa shape index (κ2) is 4.23. The van der Waals surface area contributed by atoms with E-state index in [1.807, 2.05) is 20.1 Å². The summed E-state index contributed by atoms with van der Waals surface area (Å²) in [5.74, 6) is 0. The Balaban J connectivity index is 3.82. The summed E-state index contributed by atoms with van der Waals surface area (Å²) in [5.41, 5.74) is 4.68. The van der Waals surface area contributed by atoms with E-state index in [1.54, 1.807) is 11.8 Å². The van der Waals surface area contributed by atoms with Gasteiger partial charge in [-0.1, -0.05) is 5.16 Å². The first-order valence-corrected chi connectivity index (χ1v) is 4.26. The van der Waals surface area contributed by atoms with E-state index in [9.17, 15) is 4.79 Å². The number of rotatable bonds is 3. The number of nitrogens with two attached hydrogens (primary N) is 1. The molecule has 0 atom stereocenters. The van der Waals surface area contributed by atoms with Crippen LogP contribution in [0.4, 0.5) is 4.79 Å². The van der Waals surface area contributed by atoms with Crippen molar-refractivity contribution in [3.8, 4) is 0 Å². The maximum atomic E-state index is 10.1. The van der Waals surface area contributed by atoms with Gasteiger partial charge in [0, 0.05) is 4.75 Å². The lowest BCUT2D eigenvalue weighted by atomic mass is 10.2. The lowest BCUT2D eigenvalue weighted by Gasteiger charge is -2.13. The quantitative estimate of drug-likeness (QED) is 0.399. The highest BCUT2D eigenvalue weighted by Gasteiger charge is 2.12. The second-order valence-corrected chi connectivity index (χ2v) is 3.91. The molecule has 0 aliphatic heterocycles. The Labute approximate surface area is 70.2 Å². The molecule has 64 valence electrons. The molecule has 0 aromatic carbocycles. The number of hydrogen-bond acceptors (Lipinski definition) is 4. The highest BCUT2D eigenvalue weighted by atomic mass is 32.2. The molecule has 0 aliphatic carbocycles. The molecule has 0 heterocycles. The van der Waals surface area contributed by atoms with Crippen molar-refractivity contribution in [1.82, 2.24) is 0 Å². The molecule has 0 rings (SSSR count). The normalized spacial score (nSPS) is 11.9. The molecule has 0 spiro atoms. The van der Waals surface area contributed by atoms with Gasteiger partial charge in [-0.3, -0.25) is 4.84 Å². The average molecular weight is 176 g/mol. The van der Waals surface area contributed by atoms with E-state index < -0.39 is 6.09 Å². The van der Waals surface area contributed by atoms with Gasteiger partial charge in [0.25, 0.3) is 0 Å². The van der Waals surface area contributed by atoms with Crippen molar-refractivity contribution >= 4 is 24.1 Å². The predicted molar refractivity (Wildman–Crippen MR) is 46.8 cm³/mol. The van der Waals surface area contributed by atoms with Gasteiger partial charge in [0.2, 0.25) is 0 Å². The van der Waals surface area contributed by atoms with Gasteiger partial charge in [-0.05, 0) is 20.1 Å². The molecular formula is C6H12N2O2S. The fourth-order valence-corrected chi connectivity index (χ4v) is 0.406. The minimum Gasteiger partial charge on any atom is -0.333 e. The van der Waals surface area contributed by atoms with Crippen molar-refractivity contribution in [2.45, 2.75) is 18.6 Å². The zero-order valence-electron chi connectivity index (χ0n) is 6.83. The fraction of sp³-hybridized carbons (Fsp3) is 0.667. The second-order valence-electron chi connectivity index (χ2n) is 2.45. The van der Waals surface area contributed by atoms with Crippen molar-refractivity contribution in [1.29, 1.82) is 0 Å². The Morgan fingerprint density at radius 2 is 2.27 bits per heavy atom. The van der Waals surface area contributed by atoms with Gasteiger partial charge in [0.05, 0.1) is 6.21 Å². The molecule has 1 amide bonds. The highest BCUT2D eigenvalue weighted by Crippen LogP contribution is 2.17. The van der Waals surface area contributed by atoms with Crippen LogP contribution in [0.15, 0.2) is 5.16 Å². The topological polar surface area (TPSA) is 64.7 Å². The van der Waals surface area contributed by atoms with E-state index in [-0.39, 0.29) is 4.75 Å². The number of thioether (sulfide) groups is 1. The van der Waals surface area contributed by atoms with Crippen LogP contribution in [0.1, 0.15) is 13.8 Å². The summed E-state index contributed by atoms with van der Waals surface area (Å²) in [7, 11) is 0. The van der Waals surface area contributed by atoms with Crippen molar-refractivity contribution in [3.05, 3.63) is 0 Å². The Kier molecular flexibility index (Phi) is 3.95. The van der Waals surface area contributed by atoms with Gasteiger partial charge in [-0.2, -0.15) is 11.8 Å². The molecule has 0 aromatic heterocycles. The van der Waals surface area contributed by atoms with Crippen LogP contribution in [0.3, 0.4) is 0 Å². The van der Waals surface area contributed by atoms with Crippen LogP contribution in [0.25, 0.3) is 0 Å². The van der Waals surface area contributed by atoms with Crippen LogP contribution < -0.4 is 5.73 Å². The van der Waals surface area contributed by atoms with E-state index in [0.717, 1.165) is 0 Å². The molecule has 0 aromatic rings. The molecule has 2 N–H and O–H groups in total. The first-order valence-electron chi connectivity index (χ1n) is 3.04. The van der Waals surface area contributed by atoms with E-state index in [1.165, 1.54) is 6.21 Å². The van der Waals surface area contributed by atoms with Gasteiger partial charge >= 0.3 is 6.09 Å². The Morgan fingerprint density at radius 3 is 2.64 bits per heavy atom. The molecule has 4 nitrogen and oxygen atoms in total.